The number of likely N-dealkylation sites (tertiary alicyclic amines) is 1. The Balaban J connectivity index is 1.74. The Morgan fingerprint density at radius 2 is 1.84 bits per heavy atom. The second kappa shape index (κ2) is 4.97. The Morgan fingerprint density at radius 3 is 2.53 bits per heavy atom. The molecule has 1 saturated carbocycles. The molecule has 2 aliphatic rings. The predicted octanol–water partition coefficient (Wildman–Crippen LogP) is 2.19. The predicted molar refractivity (Wildman–Crippen MR) is 75.7 cm³/mol. The summed E-state index contributed by atoms with van der Waals surface area (Å²) in [5.41, 5.74) is 8.45. The lowest BCUT2D eigenvalue weighted by molar-refractivity contribution is -0.131. The molecule has 0 radical (unpaired) electrons. The first-order chi connectivity index (χ1) is 9.19. The van der Waals surface area contributed by atoms with Crippen LogP contribution in [-0.4, -0.2) is 23.9 Å². The molecule has 0 spiro atoms. The van der Waals surface area contributed by atoms with Gasteiger partial charge in [-0.05, 0) is 43.2 Å². The molecule has 2 N–H and O–H groups in total. The van der Waals surface area contributed by atoms with Gasteiger partial charge in [0.1, 0.15) is 0 Å². The van der Waals surface area contributed by atoms with E-state index < -0.39 is 0 Å². The molecule has 1 heterocycles. The monoisotopic (exact) mass is 258 g/mol. The molecule has 3 heteroatoms. The van der Waals surface area contributed by atoms with Crippen LogP contribution in [0.5, 0.6) is 0 Å². The molecule has 3 rings (SSSR count). The minimum Gasteiger partial charge on any atom is -0.342 e. The second-order valence-corrected chi connectivity index (χ2v) is 5.93. The Bertz CT molecular complexity index is 473. The van der Waals surface area contributed by atoms with Crippen molar-refractivity contribution < 1.29 is 4.79 Å². The number of piperidine rings is 1. The number of hydrogen-bond donors (Lipinski definition) is 1. The molecule has 1 saturated heterocycles. The summed E-state index contributed by atoms with van der Waals surface area (Å²) in [5, 5.41) is 0. The van der Waals surface area contributed by atoms with Gasteiger partial charge in [-0.25, -0.2) is 0 Å². The van der Waals surface area contributed by atoms with Crippen molar-refractivity contribution in [1.29, 1.82) is 0 Å². The number of amides is 1. The molecule has 1 amide bonds. The molecular weight excluding hydrogens is 236 g/mol. The Kier molecular flexibility index (Phi) is 3.31. The molecule has 0 aromatic heterocycles. The summed E-state index contributed by atoms with van der Waals surface area (Å²) in [4.78, 5) is 14.4. The van der Waals surface area contributed by atoms with Crippen LogP contribution in [0.25, 0.3) is 0 Å². The fraction of sp³-hybridized carbons (Fsp3) is 0.562. The topological polar surface area (TPSA) is 46.3 Å². The van der Waals surface area contributed by atoms with Crippen LogP contribution in [-0.2, 0) is 16.8 Å². The number of carbonyl (C=O) groups is 1. The van der Waals surface area contributed by atoms with E-state index >= 15 is 0 Å². The van der Waals surface area contributed by atoms with Gasteiger partial charge >= 0.3 is 0 Å². The number of nitrogens with two attached hydrogens (primary N) is 1. The second-order valence-electron chi connectivity index (χ2n) is 5.93. The van der Waals surface area contributed by atoms with Crippen molar-refractivity contribution in [3.63, 3.8) is 0 Å². The van der Waals surface area contributed by atoms with E-state index in [4.69, 9.17) is 5.73 Å². The van der Waals surface area contributed by atoms with Gasteiger partial charge in [0.15, 0.2) is 0 Å². The third-order valence-corrected chi connectivity index (χ3v) is 4.39. The van der Waals surface area contributed by atoms with Crippen molar-refractivity contribution in [2.45, 2.75) is 44.1 Å². The summed E-state index contributed by atoms with van der Waals surface area (Å²) in [6, 6.07) is 8.18. The van der Waals surface area contributed by atoms with Crippen LogP contribution in [0.4, 0.5) is 0 Å². The fourth-order valence-corrected chi connectivity index (χ4v) is 2.98. The fourth-order valence-electron chi connectivity index (χ4n) is 2.98. The first-order valence-corrected chi connectivity index (χ1v) is 7.34. The van der Waals surface area contributed by atoms with Crippen LogP contribution < -0.4 is 5.73 Å². The molecule has 3 nitrogen and oxygen atoms in total. The quantitative estimate of drug-likeness (QED) is 0.903. The van der Waals surface area contributed by atoms with E-state index in [1.54, 1.807) is 0 Å². The third-order valence-electron chi connectivity index (χ3n) is 4.39. The normalized spacial score (nSPS) is 21.2. The van der Waals surface area contributed by atoms with Gasteiger partial charge in [-0.3, -0.25) is 4.79 Å². The zero-order valence-electron chi connectivity index (χ0n) is 11.4. The lowest BCUT2D eigenvalue weighted by Crippen LogP contribution is -2.37. The molecule has 1 aromatic carbocycles. The maximum Gasteiger partial charge on any atom is 0.227 e. The molecule has 1 aromatic rings. The van der Waals surface area contributed by atoms with Gasteiger partial charge in [-0.2, -0.15) is 0 Å². The highest BCUT2D eigenvalue weighted by atomic mass is 16.2. The standard InChI is InChI=1S/C16H22N2O/c17-16(8-9-16)14-7-3-2-6-13(14)12-15(19)18-10-4-1-5-11-18/h2-3,6-7H,1,4-5,8-12,17H2. The van der Waals surface area contributed by atoms with E-state index in [0.717, 1.165) is 44.3 Å². The van der Waals surface area contributed by atoms with Gasteiger partial charge in [0.05, 0.1) is 6.42 Å². The number of carbonyl (C=O) groups excluding carboxylic acids is 1. The van der Waals surface area contributed by atoms with E-state index in [0.29, 0.717) is 6.42 Å². The lowest BCUT2D eigenvalue weighted by Gasteiger charge is -2.27. The highest BCUT2D eigenvalue weighted by Crippen LogP contribution is 2.44. The molecule has 0 bridgehead atoms. The number of rotatable bonds is 3. The molecule has 1 aliphatic carbocycles. The zero-order chi connectivity index (χ0) is 13.3. The Labute approximate surface area is 114 Å². The van der Waals surface area contributed by atoms with Gasteiger partial charge in [0.2, 0.25) is 5.91 Å². The molecule has 2 fully saturated rings. The van der Waals surface area contributed by atoms with Crippen LogP contribution in [0.1, 0.15) is 43.2 Å². The van der Waals surface area contributed by atoms with Crippen molar-refractivity contribution in [2.24, 2.45) is 5.73 Å². The lowest BCUT2D eigenvalue weighted by atomic mass is 9.96. The third kappa shape index (κ3) is 2.66. The molecule has 1 aliphatic heterocycles. The Morgan fingerprint density at radius 1 is 1.16 bits per heavy atom. The van der Waals surface area contributed by atoms with Gasteiger partial charge in [0.25, 0.3) is 0 Å². The Hall–Kier alpha value is -1.35. The summed E-state index contributed by atoms with van der Waals surface area (Å²) in [5.74, 6) is 0.261. The number of benzene rings is 1. The van der Waals surface area contributed by atoms with Crippen molar-refractivity contribution in [1.82, 2.24) is 4.90 Å². The van der Waals surface area contributed by atoms with Crippen molar-refractivity contribution in [3.8, 4) is 0 Å². The maximum atomic E-state index is 12.4. The molecule has 0 unspecified atom stereocenters. The van der Waals surface area contributed by atoms with E-state index in [-0.39, 0.29) is 11.4 Å². The summed E-state index contributed by atoms with van der Waals surface area (Å²) in [7, 11) is 0. The molecule has 0 atom stereocenters. The smallest absolute Gasteiger partial charge is 0.227 e. The summed E-state index contributed by atoms with van der Waals surface area (Å²) in [6.45, 7) is 1.85. The van der Waals surface area contributed by atoms with Crippen LogP contribution in [0, 0.1) is 0 Å². The highest BCUT2D eigenvalue weighted by molar-refractivity contribution is 5.79. The van der Waals surface area contributed by atoms with Gasteiger partial charge in [-0.15, -0.1) is 0 Å². The first-order valence-electron chi connectivity index (χ1n) is 7.34. The van der Waals surface area contributed by atoms with Crippen LogP contribution >= 0.6 is 0 Å². The van der Waals surface area contributed by atoms with Crippen molar-refractivity contribution in [2.75, 3.05) is 13.1 Å². The molecule has 19 heavy (non-hydrogen) atoms. The summed E-state index contributed by atoms with van der Waals surface area (Å²) in [6.07, 6.45) is 6.15. The van der Waals surface area contributed by atoms with E-state index in [1.165, 1.54) is 12.0 Å². The number of hydrogen-bond acceptors (Lipinski definition) is 2. The number of nitrogens with zero attached hydrogens (tertiary/aromatic N) is 1. The maximum absolute atomic E-state index is 12.4. The molecular formula is C16H22N2O. The zero-order valence-corrected chi connectivity index (χ0v) is 11.4. The summed E-state index contributed by atoms with van der Waals surface area (Å²) < 4.78 is 0. The van der Waals surface area contributed by atoms with Crippen LogP contribution in [0.2, 0.25) is 0 Å². The van der Waals surface area contributed by atoms with Crippen molar-refractivity contribution in [3.05, 3.63) is 35.4 Å². The van der Waals surface area contributed by atoms with E-state index in [9.17, 15) is 4.79 Å². The largest absolute Gasteiger partial charge is 0.342 e. The van der Waals surface area contributed by atoms with Gasteiger partial charge < -0.3 is 10.6 Å². The van der Waals surface area contributed by atoms with E-state index in [1.807, 2.05) is 17.0 Å². The first kappa shape index (κ1) is 12.7. The van der Waals surface area contributed by atoms with Crippen LogP contribution in [0.15, 0.2) is 24.3 Å². The van der Waals surface area contributed by atoms with Gasteiger partial charge in [-0.1, -0.05) is 24.3 Å². The minimum atomic E-state index is -0.154. The molecule has 102 valence electrons. The average Bonchev–Trinajstić information content (AvgIpc) is 3.19. The summed E-state index contributed by atoms with van der Waals surface area (Å²) >= 11 is 0. The van der Waals surface area contributed by atoms with E-state index in [2.05, 4.69) is 12.1 Å². The average molecular weight is 258 g/mol. The van der Waals surface area contributed by atoms with Crippen molar-refractivity contribution >= 4 is 5.91 Å². The highest BCUT2D eigenvalue weighted by Gasteiger charge is 2.41. The van der Waals surface area contributed by atoms with Gasteiger partial charge in [0, 0.05) is 18.6 Å². The van der Waals surface area contributed by atoms with Crippen LogP contribution in [0.3, 0.4) is 0 Å². The minimum absolute atomic E-state index is 0.154. The SMILES string of the molecule is NC1(c2ccccc2CC(=O)N2CCCCC2)CC1.